The molecule has 0 saturated carbocycles. The molecule has 0 spiro atoms. The van der Waals surface area contributed by atoms with Crippen molar-refractivity contribution in [2.75, 3.05) is 5.32 Å². The number of ether oxygens (including phenoxy) is 1. The fourth-order valence-electron chi connectivity index (χ4n) is 2.70. The number of nitrogens with one attached hydrogen (secondary N) is 2. The highest BCUT2D eigenvalue weighted by atomic mass is 16.5. The van der Waals surface area contributed by atoms with E-state index in [9.17, 15) is 14.4 Å². The van der Waals surface area contributed by atoms with Crippen molar-refractivity contribution in [3.63, 3.8) is 0 Å². The molecule has 0 bridgehead atoms. The average molecular weight is 342 g/mol. The van der Waals surface area contributed by atoms with Gasteiger partial charge in [-0.1, -0.05) is 18.2 Å². The Bertz CT molecular complexity index is 836. The second-order valence-electron chi connectivity index (χ2n) is 6.03. The minimum atomic E-state index is -0.976. The van der Waals surface area contributed by atoms with E-state index in [4.69, 9.17) is 4.74 Å². The lowest BCUT2D eigenvalue weighted by atomic mass is 10.1. The van der Waals surface area contributed by atoms with E-state index in [1.807, 2.05) is 25.1 Å². The Hall–Kier alpha value is -2.89. The molecule has 0 saturated heterocycles. The number of aryl methyl sites for hydroxylation is 2. The molecule has 1 aromatic heterocycles. The topological polar surface area (TPSA) is 88.3 Å². The number of carbonyl (C=O) groups is 3. The Balaban J connectivity index is 2.10. The van der Waals surface area contributed by atoms with Crippen molar-refractivity contribution in [1.29, 1.82) is 0 Å². The fraction of sp³-hybridized carbons (Fsp3) is 0.316. The summed E-state index contributed by atoms with van der Waals surface area (Å²) in [5.74, 6) is -1.22. The van der Waals surface area contributed by atoms with Gasteiger partial charge in [0.15, 0.2) is 11.9 Å². The number of para-hydroxylation sites is 1. The molecule has 1 atom stereocenters. The van der Waals surface area contributed by atoms with Crippen LogP contribution in [0.4, 0.5) is 5.69 Å². The van der Waals surface area contributed by atoms with Crippen LogP contribution < -0.4 is 5.32 Å². The van der Waals surface area contributed by atoms with Gasteiger partial charge in [-0.15, -0.1) is 0 Å². The number of H-pyrrole nitrogens is 1. The van der Waals surface area contributed by atoms with Crippen molar-refractivity contribution in [2.45, 2.75) is 40.7 Å². The van der Waals surface area contributed by atoms with Gasteiger partial charge in [0.05, 0.1) is 0 Å². The zero-order valence-electron chi connectivity index (χ0n) is 15.0. The number of benzene rings is 1. The first-order valence-electron chi connectivity index (χ1n) is 8.00. The highest BCUT2D eigenvalue weighted by molar-refractivity contribution is 6.02. The lowest BCUT2D eigenvalue weighted by Gasteiger charge is -2.14. The van der Waals surface area contributed by atoms with Gasteiger partial charge in [0.1, 0.15) is 5.69 Å². The third-order valence-electron chi connectivity index (χ3n) is 4.05. The molecule has 1 heterocycles. The predicted molar refractivity (Wildman–Crippen MR) is 95.0 cm³/mol. The summed E-state index contributed by atoms with van der Waals surface area (Å²) >= 11 is 0. The number of ketones is 1. The first kappa shape index (κ1) is 18.4. The van der Waals surface area contributed by atoms with Crippen LogP contribution in [0.25, 0.3) is 0 Å². The van der Waals surface area contributed by atoms with Crippen molar-refractivity contribution in [3.8, 4) is 0 Å². The van der Waals surface area contributed by atoms with Crippen LogP contribution in [-0.4, -0.2) is 28.7 Å². The van der Waals surface area contributed by atoms with E-state index in [1.54, 1.807) is 19.9 Å². The highest BCUT2D eigenvalue weighted by Gasteiger charge is 2.24. The third-order valence-corrected chi connectivity index (χ3v) is 4.05. The first-order valence-corrected chi connectivity index (χ1v) is 8.00. The molecule has 25 heavy (non-hydrogen) atoms. The zero-order valence-corrected chi connectivity index (χ0v) is 15.0. The molecule has 2 aromatic rings. The summed E-state index contributed by atoms with van der Waals surface area (Å²) in [6.45, 7) is 8.21. The summed E-state index contributed by atoms with van der Waals surface area (Å²) in [6.07, 6.45) is -0.976. The number of amides is 1. The number of aromatic nitrogens is 1. The van der Waals surface area contributed by atoms with E-state index < -0.39 is 18.0 Å². The quantitative estimate of drug-likeness (QED) is 0.644. The maximum atomic E-state index is 12.3. The molecule has 0 aliphatic carbocycles. The second-order valence-corrected chi connectivity index (χ2v) is 6.03. The van der Waals surface area contributed by atoms with Crippen molar-refractivity contribution < 1.29 is 19.1 Å². The van der Waals surface area contributed by atoms with Crippen LogP contribution in [0.3, 0.4) is 0 Å². The summed E-state index contributed by atoms with van der Waals surface area (Å²) < 4.78 is 5.25. The molecule has 6 heteroatoms. The molecular weight excluding hydrogens is 320 g/mol. The Kier molecular flexibility index (Phi) is 5.41. The van der Waals surface area contributed by atoms with E-state index in [-0.39, 0.29) is 11.5 Å². The van der Waals surface area contributed by atoms with Crippen LogP contribution in [0.1, 0.15) is 51.5 Å². The van der Waals surface area contributed by atoms with Gasteiger partial charge in [-0.3, -0.25) is 9.59 Å². The van der Waals surface area contributed by atoms with Gasteiger partial charge in [0.2, 0.25) is 0 Å². The van der Waals surface area contributed by atoms with Crippen LogP contribution >= 0.6 is 0 Å². The predicted octanol–water partition coefficient (Wildman–Crippen LogP) is 3.33. The number of anilines is 1. The van der Waals surface area contributed by atoms with Gasteiger partial charge in [-0.05, 0) is 51.8 Å². The molecular formula is C19H22N2O4. The Morgan fingerprint density at radius 3 is 2.32 bits per heavy atom. The molecule has 0 aliphatic rings. The van der Waals surface area contributed by atoms with Crippen molar-refractivity contribution in [3.05, 3.63) is 52.3 Å². The monoisotopic (exact) mass is 342 g/mol. The molecule has 0 fully saturated rings. The minimum Gasteiger partial charge on any atom is -0.448 e. The summed E-state index contributed by atoms with van der Waals surface area (Å²) in [6, 6.07) is 7.34. The molecule has 2 rings (SSSR count). The number of Topliss-reactive ketones (excluding diaryl/α,β-unsaturated/α-hetero) is 1. The van der Waals surface area contributed by atoms with Crippen LogP contribution in [0, 0.1) is 20.8 Å². The maximum Gasteiger partial charge on any atom is 0.355 e. The summed E-state index contributed by atoms with van der Waals surface area (Å²) in [5, 5.41) is 2.74. The Morgan fingerprint density at radius 2 is 1.76 bits per heavy atom. The summed E-state index contributed by atoms with van der Waals surface area (Å²) in [4.78, 5) is 39.1. The average Bonchev–Trinajstić information content (AvgIpc) is 2.84. The lowest BCUT2D eigenvalue weighted by Crippen LogP contribution is -2.30. The molecule has 0 aliphatic heterocycles. The van der Waals surface area contributed by atoms with E-state index >= 15 is 0 Å². The Morgan fingerprint density at radius 1 is 1.12 bits per heavy atom. The van der Waals surface area contributed by atoms with Gasteiger partial charge in [-0.25, -0.2) is 4.79 Å². The van der Waals surface area contributed by atoms with Crippen molar-refractivity contribution >= 4 is 23.3 Å². The number of carbonyl (C=O) groups excluding carboxylic acids is 3. The van der Waals surface area contributed by atoms with E-state index in [0.29, 0.717) is 22.5 Å². The number of hydrogen-bond acceptors (Lipinski definition) is 4. The number of rotatable bonds is 5. The second kappa shape index (κ2) is 7.34. The molecule has 1 aromatic carbocycles. The van der Waals surface area contributed by atoms with Gasteiger partial charge in [-0.2, -0.15) is 0 Å². The molecule has 0 radical (unpaired) electrons. The summed E-state index contributed by atoms with van der Waals surface area (Å²) in [7, 11) is 0. The Labute approximate surface area is 146 Å². The van der Waals surface area contributed by atoms with Crippen molar-refractivity contribution in [2.24, 2.45) is 0 Å². The fourth-order valence-corrected chi connectivity index (χ4v) is 2.70. The van der Waals surface area contributed by atoms with E-state index in [0.717, 1.165) is 5.56 Å². The molecule has 1 amide bonds. The number of aromatic amines is 1. The van der Waals surface area contributed by atoms with Gasteiger partial charge in [0.25, 0.3) is 5.91 Å². The van der Waals surface area contributed by atoms with Gasteiger partial charge < -0.3 is 15.0 Å². The molecule has 2 N–H and O–H groups in total. The summed E-state index contributed by atoms with van der Waals surface area (Å²) in [5.41, 5.74) is 3.38. The van der Waals surface area contributed by atoms with Crippen LogP contribution in [0.2, 0.25) is 0 Å². The van der Waals surface area contributed by atoms with Crippen LogP contribution in [0.5, 0.6) is 0 Å². The third kappa shape index (κ3) is 3.96. The minimum absolute atomic E-state index is 0.129. The highest BCUT2D eigenvalue weighted by Crippen LogP contribution is 2.20. The molecule has 132 valence electrons. The van der Waals surface area contributed by atoms with Gasteiger partial charge >= 0.3 is 5.97 Å². The van der Waals surface area contributed by atoms with Gasteiger partial charge in [0, 0.05) is 16.9 Å². The zero-order chi connectivity index (χ0) is 18.7. The largest absolute Gasteiger partial charge is 0.448 e. The standard InChI is InChI=1S/C19H22N2O4/c1-10-8-6-7-9-15(10)21-18(23)14(5)25-19(24)17-11(2)16(13(4)22)12(3)20-17/h6-9,14,20H,1-5H3,(H,21,23)/t14-/m0/s1. The van der Waals surface area contributed by atoms with E-state index in [1.165, 1.54) is 13.8 Å². The van der Waals surface area contributed by atoms with Crippen molar-refractivity contribution in [1.82, 2.24) is 4.98 Å². The smallest absolute Gasteiger partial charge is 0.355 e. The van der Waals surface area contributed by atoms with E-state index in [2.05, 4.69) is 10.3 Å². The van der Waals surface area contributed by atoms with Crippen LogP contribution in [0.15, 0.2) is 24.3 Å². The molecule has 6 nitrogen and oxygen atoms in total. The maximum absolute atomic E-state index is 12.3. The molecule has 0 unspecified atom stereocenters. The first-order chi connectivity index (χ1) is 11.7. The van der Waals surface area contributed by atoms with Crippen LogP contribution in [-0.2, 0) is 9.53 Å². The normalized spacial score (nSPS) is 11.7. The number of esters is 1. The lowest BCUT2D eigenvalue weighted by molar-refractivity contribution is -0.123. The number of hydrogen-bond donors (Lipinski definition) is 2. The SMILES string of the molecule is CC(=O)c1c(C)[nH]c(C(=O)O[C@@H](C)C(=O)Nc2ccccc2C)c1C.